The maximum atomic E-state index is 12.5. The number of hydrogen-bond acceptors (Lipinski definition) is 7. The summed E-state index contributed by atoms with van der Waals surface area (Å²) in [5.74, 6) is 2.90. The fourth-order valence-corrected chi connectivity index (χ4v) is 4.77. The summed E-state index contributed by atoms with van der Waals surface area (Å²) < 4.78 is 11.1. The number of amides is 1. The molecule has 1 amide bonds. The largest absolute Gasteiger partial charge is 0.489 e. The standard InChI is InChI=1S/C22H27N5O3/c1-14-9-18(21(28)24-22-10-15(11-22)12-22)25-26-20(14)27-7-5-16(6-8-27)30-17-3-4-19(29-2)23-13-17/h3-4,9,13,15-16H,5-8,10-12H2,1-2H3,(H,24,28). The number of aryl methyl sites for hydroxylation is 1. The maximum absolute atomic E-state index is 12.5. The minimum absolute atomic E-state index is 0.0529. The number of ether oxygens (including phenoxy) is 2. The summed E-state index contributed by atoms with van der Waals surface area (Å²) in [5, 5.41) is 11.8. The Morgan fingerprint density at radius 2 is 1.97 bits per heavy atom. The highest BCUT2D eigenvalue weighted by Gasteiger charge is 2.57. The first-order valence-electron chi connectivity index (χ1n) is 10.6. The molecule has 2 aromatic heterocycles. The highest BCUT2D eigenvalue weighted by molar-refractivity contribution is 5.93. The molecule has 3 saturated carbocycles. The average molecular weight is 409 g/mol. The van der Waals surface area contributed by atoms with Crippen molar-refractivity contribution < 1.29 is 14.3 Å². The molecule has 0 radical (unpaired) electrons. The normalized spacial score (nSPS) is 25.1. The second-order valence-electron chi connectivity index (χ2n) is 8.79. The van der Waals surface area contributed by atoms with Crippen LogP contribution in [0.2, 0.25) is 0 Å². The monoisotopic (exact) mass is 409 g/mol. The van der Waals surface area contributed by atoms with Gasteiger partial charge in [-0.05, 0) is 49.8 Å². The molecular weight excluding hydrogens is 382 g/mol. The number of pyridine rings is 1. The van der Waals surface area contributed by atoms with E-state index in [0.717, 1.165) is 68.2 Å². The minimum atomic E-state index is -0.101. The van der Waals surface area contributed by atoms with Crippen molar-refractivity contribution in [3.8, 4) is 11.6 Å². The van der Waals surface area contributed by atoms with Crippen LogP contribution in [-0.2, 0) is 0 Å². The predicted octanol–water partition coefficient (Wildman–Crippen LogP) is 2.52. The van der Waals surface area contributed by atoms with Crippen molar-refractivity contribution in [1.29, 1.82) is 0 Å². The molecule has 158 valence electrons. The van der Waals surface area contributed by atoms with Crippen molar-refractivity contribution in [3.63, 3.8) is 0 Å². The lowest BCUT2D eigenvalue weighted by Crippen LogP contribution is -2.68. The van der Waals surface area contributed by atoms with Crippen LogP contribution in [0.15, 0.2) is 24.4 Å². The summed E-state index contributed by atoms with van der Waals surface area (Å²) in [6.07, 6.45) is 6.96. The lowest BCUT2D eigenvalue weighted by molar-refractivity contribution is -0.0439. The first-order valence-corrected chi connectivity index (χ1v) is 10.6. The number of carbonyl (C=O) groups is 1. The molecule has 1 saturated heterocycles. The van der Waals surface area contributed by atoms with E-state index in [1.54, 1.807) is 19.4 Å². The minimum Gasteiger partial charge on any atom is -0.489 e. The number of piperidine rings is 1. The number of nitrogens with zero attached hydrogens (tertiary/aromatic N) is 4. The second-order valence-corrected chi connectivity index (χ2v) is 8.79. The van der Waals surface area contributed by atoms with Gasteiger partial charge >= 0.3 is 0 Å². The van der Waals surface area contributed by atoms with Crippen LogP contribution in [-0.4, -0.2) is 52.9 Å². The van der Waals surface area contributed by atoms with Crippen LogP contribution in [0, 0.1) is 12.8 Å². The van der Waals surface area contributed by atoms with Gasteiger partial charge in [-0.15, -0.1) is 10.2 Å². The van der Waals surface area contributed by atoms with Gasteiger partial charge in [-0.2, -0.15) is 0 Å². The molecule has 8 nitrogen and oxygen atoms in total. The van der Waals surface area contributed by atoms with E-state index in [1.807, 2.05) is 19.1 Å². The molecule has 1 aliphatic heterocycles. The van der Waals surface area contributed by atoms with Crippen molar-refractivity contribution >= 4 is 11.7 Å². The zero-order chi connectivity index (χ0) is 20.7. The van der Waals surface area contributed by atoms with Gasteiger partial charge in [-0.3, -0.25) is 4.79 Å². The van der Waals surface area contributed by atoms with E-state index in [2.05, 4.69) is 25.4 Å². The number of nitrogens with one attached hydrogen (secondary N) is 1. The highest BCUT2D eigenvalue weighted by atomic mass is 16.5. The van der Waals surface area contributed by atoms with Gasteiger partial charge in [-0.1, -0.05) is 0 Å². The van der Waals surface area contributed by atoms with E-state index in [4.69, 9.17) is 9.47 Å². The Bertz CT molecular complexity index is 923. The van der Waals surface area contributed by atoms with E-state index < -0.39 is 0 Å². The van der Waals surface area contributed by atoms with Crippen LogP contribution >= 0.6 is 0 Å². The zero-order valence-electron chi connectivity index (χ0n) is 17.4. The molecule has 30 heavy (non-hydrogen) atoms. The van der Waals surface area contributed by atoms with Crippen LogP contribution < -0.4 is 19.7 Å². The van der Waals surface area contributed by atoms with Crippen molar-refractivity contribution in [3.05, 3.63) is 35.7 Å². The van der Waals surface area contributed by atoms with Gasteiger partial charge in [0.2, 0.25) is 5.88 Å². The van der Waals surface area contributed by atoms with E-state index in [9.17, 15) is 4.79 Å². The third-order valence-corrected chi connectivity index (χ3v) is 6.57. The molecule has 4 fully saturated rings. The number of rotatable bonds is 6. The van der Waals surface area contributed by atoms with Crippen molar-refractivity contribution in [2.75, 3.05) is 25.1 Å². The maximum Gasteiger partial charge on any atom is 0.272 e. The molecule has 6 rings (SSSR count). The smallest absolute Gasteiger partial charge is 0.272 e. The van der Waals surface area contributed by atoms with Crippen molar-refractivity contribution in [2.24, 2.45) is 5.92 Å². The highest BCUT2D eigenvalue weighted by Crippen LogP contribution is 2.56. The molecule has 3 heterocycles. The molecule has 2 bridgehead atoms. The molecule has 0 atom stereocenters. The molecule has 0 spiro atoms. The van der Waals surface area contributed by atoms with Crippen LogP contribution in [0.3, 0.4) is 0 Å². The SMILES string of the molecule is COc1ccc(OC2CCN(c3nnc(C(=O)NC45CC(C4)C5)cc3C)CC2)cn1. The molecule has 8 heteroatoms. The Hall–Kier alpha value is -2.90. The van der Waals surface area contributed by atoms with Crippen LogP contribution in [0.25, 0.3) is 0 Å². The number of hydrogen-bond donors (Lipinski definition) is 1. The first kappa shape index (κ1) is 19.1. The fourth-order valence-electron chi connectivity index (χ4n) is 4.77. The Morgan fingerprint density at radius 1 is 1.20 bits per heavy atom. The summed E-state index contributed by atoms with van der Waals surface area (Å²) in [7, 11) is 1.60. The molecular formula is C22H27N5O3. The lowest BCUT2D eigenvalue weighted by atomic mass is 9.50. The fraction of sp³-hybridized carbons (Fsp3) is 0.545. The Balaban J connectivity index is 1.16. The van der Waals surface area contributed by atoms with Crippen LogP contribution in [0.1, 0.15) is 48.2 Å². The summed E-state index contributed by atoms with van der Waals surface area (Å²) in [6.45, 7) is 3.66. The predicted molar refractivity (Wildman–Crippen MR) is 111 cm³/mol. The number of methoxy groups -OCH3 is 1. The molecule has 4 aliphatic rings. The molecule has 0 aromatic carbocycles. The number of aromatic nitrogens is 3. The quantitative estimate of drug-likeness (QED) is 0.784. The third kappa shape index (κ3) is 3.55. The summed E-state index contributed by atoms with van der Waals surface area (Å²) >= 11 is 0. The number of carbonyl (C=O) groups excluding carboxylic acids is 1. The van der Waals surface area contributed by atoms with Gasteiger partial charge in [0.05, 0.1) is 13.3 Å². The number of anilines is 1. The van der Waals surface area contributed by atoms with Gasteiger partial charge in [0.25, 0.3) is 5.91 Å². The van der Waals surface area contributed by atoms with Gasteiger partial charge in [-0.25, -0.2) is 4.98 Å². The zero-order valence-corrected chi connectivity index (χ0v) is 17.4. The molecule has 0 unspecified atom stereocenters. The van der Waals surface area contributed by atoms with Gasteiger partial charge in [0, 0.05) is 37.5 Å². The van der Waals surface area contributed by atoms with E-state index >= 15 is 0 Å². The topological polar surface area (TPSA) is 89.5 Å². The Morgan fingerprint density at radius 3 is 2.53 bits per heavy atom. The summed E-state index contributed by atoms with van der Waals surface area (Å²) in [4.78, 5) is 18.9. The Labute approximate surface area is 176 Å². The van der Waals surface area contributed by atoms with Gasteiger partial charge in [0.1, 0.15) is 11.9 Å². The molecule has 1 N–H and O–H groups in total. The van der Waals surface area contributed by atoms with E-state index in [1.165, 1.54) is 0 Å². The van der Waals surface area contributed by atoms with Gasteiger partial charge < -0.3 is 19.7 Å². The lowest BCUT2D eigenvalue weighted by Gasteiger charge is -2.61. The van der Waals surface area contributed by atoms with Crippen LogP contribution in [0.5, 0.6) is 11.6 Å². The van der Waals surface area contributed by atoms with Crippen molar-refractivity contribution in [1.82, 2.24) is 20.5 Å². The molecule has 3 aliphatic carbocycles. The molecule has 2 aromatic rings. The van der Waals surface area contributed by atoms with E-state index in [-0.39, 0.29) is 17.6 Å². The average Bonchev–Trinajstić information content (AvgIpc) is 2.71. The second kappa shape index (κ2) is 7.41. The summed E-state index contributed by atoms with van der Waals surface area (Å²) in [6, 6.07) is 5.54. The third-order valence-electron chi connectivity index (χ3n) is 6.57. The first-order chi connectivity index (χ1) is 14.5. The summed E-state index contributed by atoms with van der Waals surface area (Å²) in [5.41, 5.74) is 1.44. The Kier molecular flexibility index (Phi) is 4.72. The van der Waals surface area contributed by atoms with E-state index in [0.29, 0.717) is 11.6 Å². The van der Waals surface area contributed by atoms with Crippen LogP contribution in [0.4, 0.5) is 5.82 Å². The van der Waals surface area contributed by atoms with Gasteiger partial charge in [0.15, 0.2) is 11.5 Å². The van der Waals surface area contributed by atoms with Crippen molar-refractivity contribution in [2.45, 2.75) is 50.7 Å².